The molecule has 0 fully saturated rings. The molecule has 0 radical (unpaired) electrons. The second kappa shape index (κ2) is 8.96. The predicted molar refractivity (Wildman–Crippen MR) is 94.8 cm³/mol. The van der Waals surface area contributed by atoms with E-state index < -0.39 is 22.6 Å². The number of nitrogens with one attached hydrogen (secondary N) is 1. The molecule has 1 N–H and O–H groups in total. The van der Waals surface area contributed by atoms with Crippen LogP contribution in [0.1, 0.15) is 42.6 Å². The van der Waals surface area contributed by atoms with Gasteiger partial charge in [0.05, 0.1) is 10.5 Å². The largest absolute Gasteiger partial charge is 0.452 e. The molecular weight excluding hydrogens is 344 g/mol. The molecule has 1 aromatic rings. The maximum absolute atomic E-state index is 12.2. The Morgan fingerprint density at radius 3 is 2.48 bits per heavy atom. The highest BCUT2D eigenvalue weighted by Gasteiger charge is 2.21. The number of rotatable bonds is 8. The van der Waals surface area contributed by atoms with Crippen LogP contribution in [0.25, 0.3) is 0 Å². The van der Waals surface area contributed by atoms with Crippen LogP contribution in [0.3, 0.4) is 0 Å². The molecule has 0 spiro atoms. The summed E-state index contributed by atoms with van der Waals surface area (Å²) >= 11 is 0. The molecule has 0 aliphatic heterocycles. The van der Waals surface area contributed by atoms with Crippen molar-refractivity contribution in [3.05, 3.63) is 29.3 Å². The number of hydrogen-bond acceptors (Lipinski definition) is 5. The second-order valence-electron chi connectivity index (χ2n) is 6.10. The molecule has 0 saturated carbocycles. The molecule has 0 unspecified atom stereocenters. The van der Waals surface area contributed by atoms with Crippen molar-refractivity contribution in [2.24, 2.45) is 0 Å². The summed E-state index contributed by atoms with van der Waals surface area (Å²) in [6.07, 6.45) is 1.77. The average Bonchev–Trinajstić information content (AvgIpc) is 2.52. The average molecular weight is 370 g/mol. The Labute approximate surface area is 149 Å². The van der Waals surface area contributed by atoms with Crippen LogP contribution in [0.5, 0.6) is 0 Å². The lowest BCUT2D eigenvalue weighted by molar-refractivity contribution is -0.124. The molecule has 140 valence electrons. The molecule has 1 atom stereocenters. The van der Waals surface area contributed by atoms with Gasteiger partial charge in [0, 0.05) is 20.1 Å². The maximum Gasteiger partial charge on any atom is 0.338 e. The molecule has 25 heavy (non-hydrogen) atoms. The van der Waals surface area contributed by atoms with Gasteiger partial charge >= 0.3 is 5.97 Å². The first kappa shape index (κ1) is 21.1. The summed E-state index contributed by atoms with van der Waals surface area (Å²) in [6, 6.07) is 4.24. The van der Waals surface area contributed by atoms with E-state index in [-0.39, 0.29) is 22.4 Å². The summed E-state index contributed by atoms with van der Waals surface area (Å²) in [6.45, 7) is 5.16. The minimum atomic E-state index is -3.66. The highest BCUT2D eigenvalue weighted by Crippen LogP contribution is 2.18. The number of nitrogens with zero attached hydrogens (tertiary/aromatic N) is 1. The van der Waals surface area contributed by atoms with Crippen molar-refractivity contribution >= 4 is 21.9 Å². The summed E-state index contributed by atoms with van der Waals surface area (Å²) in [7, 11) is -0.834. The number of benzene rings is 1. The van der Waals surface area contributed by atoms with E-state index in [1.165, 1.54) is 32.3 Å². The van der Waals surface area contributed by atoms with Crippen molar-refractivity contribution in [3.8, 4) is 0 Å². The number of carbonyl (C=O) groups excluding carboxylic acids is 2. The quantitative estimate of drug-likeness (QED) is 0.703. The van der Waals surface area contributed by atoms with E-state index in [9.17, 15) is 18.0 Å². The van der Waals surface area contributed by atoms with Crippen molar-refractivity contribution in [1.29, 1.82) is 0 Å². The number of aryl methyl sites for hydroxylation is 1. The standard InChI is InChI=1S/C17H26N2O5S/c1-6-7-13(3)18-16(20)11-24-17(21)15-10-14(9-8-12(15)2)25(22,23)19(4)5/h8-10,13H,6-7,11H2,1-5H3,(H,18,20)/t13-/m0/s1. The van der Waals surface area contributed by atoms with Crippen molar-refractivity contribution in [2.45, 2.75) is 44.6 Å². The van der Waals surface area contributed by atoms with Crippen molar-refractivity contribution in [2.75, 3.05) is 20.7 Å². The Morgan fingerprint density at radius 2 is 1.92 bits per heavy atom. The normalized spacial score (nSPS) is 12.7. The number of amides is 1. The Hall–Kier alpha value is -1.93. The van der Waals surface area contributed by atoms with Gasteiger partial charge in [-0.25, -0.2) is 17.5 Å². The predicted octanol–water partition coefficient (Wildman–Crippen LogP) is 1.71. The van der Waals surface area contributed by atoms with Gasteiger partial charge in [-0.1, -0.05) is 19.4 Å². The van der Waals surface area contributed by atoms with E-state index in [1.807, 2.05) is 13.8 Å². The molecule has 8 heteroatoms. The van der Waals surface area contributed by atoms with Crippen LogP contribution < -0.4 is 5.32 Å². The van der Waals surface area contributed by atoms with Crippen LogP contribution >= 0.6 is 0 Å². The topological polar surface area (TPSA) is 92.8 Å². The zero-order valence-corrected chi connectivity index (χ0v) is 16.1. The molecule has 0 aliphatic carbocycles. The van der Waals surface area contributed by atoms with Gasteiger partial charge in [-0.3, -0.25) is 4.79 Å². The SMILES string of the molecule is CCC[C@H](C)NC(=O)COC(=O)c1cc(S(=O)(=O)N(C)C)ccc1C. The lowest BCUT2D eigenvalue weighted by atomic mass is 10.1. The van der Waals surface area contributed by atoms with E-state index >= 15 is 0 Å². The van der Waals surface area contributed by atoms with Crippen LogP contribution in [0.15, 0.2) is 23.1 Å². The minimum absolute atomic E-state index is 0.00364. The second-order valence-corrected chi connectivity index (χ2v) is 8.25. The van der Waals surface area contributed by atoms with Gasteiger partial charge in [0.15, 0.2) is 6.61 Å². The van der Waals surface area contributed by atoms with E-state index in [2.05, 4.69) is 5.32 Å². The van der Waals surface area contributed by atoms with Gasteiger partial charge in [-0.2, -0.15) is 0 Å². The fourth-order valence-corrected chi connectivity index (χ4v) is 3.15. The molecule has 0 saturated heterocycles. The van der Waals surface area contributed by atoms with E-state index in [0.717, 1.165) is 17.1 Å². The van der Waals surface area contributed by atoms with Crippen LogP contribution in [0.2, 0.25) is 0 Å². The molecule has 0 aliphatic rings. The molecule has 1 aromatic carbocycles. The number of ether oxygens (including phenoxy) is 1. The third kappa shape index (κ3) is 5.82. The van der Waals surface area contributed by atoms with Crippen LogP contribution in [0.4, 0.5) is 0 Å². The summed E-state index contributed by atoms with van der Waals surface area (Å²) in [5, 5.41) is 2.73. The zero-order valence-electron chi connectivity index (χ0n) is 15.3. The lowest BCUT2D eigenvalue weighted by Gasteiger charge is -2.14. The third-order valence-electron chi connectivity index (χ3n) is 3.67. The van der Waals surface area contributed by atoms with Crippen molar-refractivity contribution in [3.63, 3.8) is 0 Å². The molecule has 0 heterocycles. The van der Waals surface area contributed by atoms with Gasteiger partial charge in [0.2, 0.25) is 10.0 Å². The first-order valence-corrected chi connectivity index (χ1v) is 9.53. The summed E-state index contributed by atoms with van der Waals surface area (Å²) in [4.78, 5) is 24.0. The van der Waals surface area contributed by atoms with E-state index in [4.69, 9.17) is 4.74 Å². The van der Waals surface area contributed by atoms with Crippen molar-refractivity contribution in [1.82, 2.24) is 9.62 Å². The fourth-order valence-electron chi connectivity index (χ4n) is 2.22. The van der Waals surface area contributed by atoms with Crippen LogP contribution in [0, 0.1) is 6.92 Å². The Balaban J connectivity index is 2.84. The number of carbonyl (C=O) groups is 2. The molecule has 0 bridgehead atoms. The molecule has 1 rings (SSSR count). The summed E-state index contributed by atoms with van der Waals surface area (Å²) in [5.41, 5.74) is 0.694. The van der Waals surface area contributed by atoms with Gasteiger partial charge in [0.25, 0.3) is 5.91 Å². The maximum atomic E-state index is 12.2. The number of sulfonamides is 1. The zero-order chi connectivity index (χ0) is 19.2. The fraction of sp³-hybridized carbons (Fsp3) is 0.529. The number of hydrogen-bond donors (Lipinski definition) is 1. The Kier molecular flexibility index (Phi) is 7.57. The molecule has 7 nitrogen and oxygen atoms in total. The number of esters is 1. The van der Waals surface area contributed by atoms with Gasteiger partial charge in [0.1, 0.15) is 0 Å². The van der Waals surface area contributed by atoms with E-state index in [1.54, 1.807) is 6.92 Å². The van der Waals surface area contributed by atoms with E-state index in [0.29, 0.717) is 5.56 Å². The van der Waals surface area contributed by atoms with Crippen molar-refractivity contribution < 1.29 is 22.7 Å². The first-order chi connectivity index (χ1) is 11.6. The highest BCUT2D eigenvalue weighted by molar-refractivity contribution is 7.89. The van der Waals surface area contributed by atoms with Crippen LogP contribution in [-0.4, -0.2) is 51.3 Å². The Morgan fingerprint density at radius 1 is 1.28 bits per heavy atom. The Bertz CT molecular complexity index is 729. The van der Waals surface area contributed by atoms with Gasteiger partial charge in [-0.05, 0) is 38.0 Å². The smallest absolute Gasteiger partial charge is 0.338 e. The summed E-state index contributed by atoms with van der Waals surface area (Å²) in [5.74, 6) is -1.12. The highest BCUT2D eigenvalue weighted by atomic mass is 32.2. The third-order valence-corrected chi connectivity index (χ3v) is 5.48. The molecule has 1 amide bonds. The monoisotopic (exact) mass is 370 g/mol. The van der Waals surface area contributed by atoms with Crippen LogP contribution in [-0.2, 0) is 19.6 Å². The summed E-state index contributed by atoms with van der Waals surface area (Å²) < 4.78 is 30.4. The molecular formula is C17H26N2O5S. The minimum Gasteiger partial charge on any atom is -0.452 e. The van der Waals surface area contributed by atoms with Gasteiger partial charge < -0.3 is 10.1 Å². The van der Waals surface area contributed by atoms with Gasteiger partial charge in [-0.15, -0.1) is 0 Å². The molecule has 0 aromatic heterocycles. The first-order valence-electron chi connectivity index (χ1n) is 8.09. The lowest BCUT2D eigenvalue weighted by Crippen LogP contribution is -2.35.